The van der Waals surface area contributed by atoms with Crippen LogP contribution in [-0.4, -0.2) is 16.1 Å². The van der Waals surface area contributed by atoms with Gasteiger partial charge in [0.1, 0.15) is 0 Å². The molecule has 0 atom stereocenters. The van der Waals surface area contributed by atoms with Gasteiger partial charge in [-0.2, -0.15) is 0 Å². The van der Waals surface area contributed by atoms with Gasteiger partial charge in [0, 0.05) is 19.3 Å². The topological polar surface area (TPSA) is 29.9 Å². The lowest BCUT2D eigenvalue weighted by Crippen LogP contribution is -2.19. The molecule has 0 spiro atoms. The Kier molecular flexibility index (Phi) is 4.74. The molecule has 0 saturated heterocycles. The molecule has 0 radical (unpaired) electrons. The predicted molar refractivity (Wildman–Crippen MR) is 79.1 cm³/mol. The first-order valence-corrected chi connectivity index (χ1v) is 6.91. The van der Waals surface area contributed by atoms with Crippen molar-refractivity contribution in [2.24, 2.45) is 5.92 Å². The van der Waals surface area contributed by atoms with E-state index in [1.807, 2.05) is 6.33 Å². The van der Waals surface area contributed by atoms with E-state index in [0.717, 1.165) is 25.3 Å². The van der Waals surface area contributed by atoms with Crippen LogP contribution < -0.4 is 5.32 Å². The Bertz CT molecular complexity index is 514. The minimum absolute atomic E-state index is 0.675. The number of hydrogen-bond acceptors (Lipinski definition) is 2. The fraction of sp³-hybridized carbons (Fsp3) is 0.438. The van der Waals surface area contributed by atoms with Gasteiger partial charge in [-0.3, -0.25) is 0 Å². The summed E-state index contributed by atoms with van der Waals surface area (Å²) in [7, 11) is 0. The van der Waals surface area contributed by atoms with Crippen molar-refractivity contribution in [3.63, 3.8) is 0 Å². The molecule has 2 rings (SSSR count). The molecule has 0 unspecified atom stereocenters. The van der Waals surface area contributed by atoms with Gasteiger partial charge in [0.2, 0.25) is 0 Å². The molecule has 0 bridgehead atoms. The molecule has 102 valence electrons. The summed E-state index contributed by atoms with van der Waals surface area (Å²) in [6.07, 6.45) is 4.04. The van der Waals surface area contributed by atoms with Crippen molar-refractivity contribution in [1.82, 2.24) is 14.9 Å². The van der Waals surface area contributed by atoms with Crippen molar-refractivity contribution in [3.05, 3.63) is 53.6 Å². The average molecular weight is 257 g/mol. The molecule has 1 N–H and O–H groups in total. The second kappa shape index (κ2) is 6.53. The Hall–Kier alpha value is -1.61. The van der Waals surface area contributed by atoms with Crippen LogP contribution in [0.25, 0.3) is 0 Å². The molecule has 0 aliphatic rings. The highest BCUT2D eigenvalue weighted by Gasteiger charge is 2.02. The van der Waals surface area contributed by atoms with E-state index in [2.05, 4.69) is 66.1 Å². The quantitative estimate of drug-likeness (QED) is 0.862. The zero-order valence-electron chi connectivity index (χ0n) is 12.1. The van der Waals surface area contributed by atoms with E-state index >= 15 is 0 Å². The fourth-order valence-electron chi connectivity index (χ4n) is 2.06. The first-order chi connectivity index (χ1) is 9.15. The van der Waals surface area contributed by atoms with Crippen LogP contribution in [0.5, 0.6) is 0 Å². The van der Waals surface area contributed by atoms with Crippen LogP contribution in [0.4, 0.5) is 0 Å². The Labute approximate surface area is 115 Å². The lowest BCUT2D eigenvalue weighted by Gasteiger charge is -2.06. The molecule has 1 aromatic heterocycles. The first-order valence-electron chi connectivity index (χ1n) is 6.91. The zero-order valence-corrected chi connectivity index (χ0v) is 12.1. The van der Waals surface area contributed by atoms with E-state index in [1.165, 1.54) is 11.1 Å². The Balaban J connectivity index is 1.92. The van der Waals surface area contributed by atoms with Gasteiger partial charge in [-0.15, -0.1) is 0 Å². The van der Waals surface area contributed by atoms with Crippen molar-refractivity contribution in [1.29, 1.82) is 0 Å². The molecule has 0 fully saturated rings. The van der Waals surface area contributed by atoms with E-state index in [-0.39, 0.29) is 0 Å². The van der Waals surface area contributed by atoms with Crippen LogP contribution in [-0.2, 0) is 13.1 Å². The van der Waals surface area contributed by atoms with Gasteiger partial charge in [0.15, 0.2) is 0 Å². The SMILES string of the molecule is Cc1ccccc1Cn1cnc(CNCC(C)C)c1. The maximum atomic E-state index is 4.44. The Morgan fingerprint density at radius 3 is 2.79 bits per heavy atom. The van der Waals surface area contributed by atoms with Crippen LogP contribution >= 0.6 is 0 Å². The van der Waals surface area contributed by atoms with Crippen LogP contribution in [0.3, 0.4) is 0 Å². The lowest BCUT2D eigenvalue weighted by molar-refractivity contribution is 0.548. The molecule has 1 heterocycles. The van der Waals surface area contributed by atoms with Gasteiger partial charge >= 0.3 is 0 Å². The maximum absolute atomic E-state index is 4.44. The zero-order chi connectivity index (χ0) is 13.7. The second-order valence-electron chi connectivity index (χ2n) is 5.49. The summed E-state index contributed by atoms with van der Waals surface area (Å²) >= 11 is 0. The van der Waals surface area contributed by atoms with Gasteiger partial charge in [0.05, 0.1) is 12.0 Å². The molecule has 3 heteroatoms. The van der Waals surface area contributed by atoms with E-state index in [0.29, 0.717) is 5.92 Å². The van der Waals surface area contributed by atoms with Gasteiger partial charge in [0.25, 0.3) is 0 Å². The highest BCUT2D eigenvalue weighted by atomic mass is 15.0. The van der Waals surface area contributed by atoms with Crippen molar-refractivity contribution < 1.29 is 0 Å². The average Bonchev–Trinajstić information content (AvgIpc) is 2.79. The summed E-state index contributed by atoms with van der Waals surface area (Å²) in [5.41, 5.74) is 3.78. The molecule has 2 aromatic rings. The van der Waals surface area contributed by atoms with E-state index in [4.69, 9.17) is 0 Å². The van der Waals surface area contributed by atoms with E-state index < -0.39 is 0 Å². The number of imidazole rings is 1. The summed E-state index contributed by atoms with van der Waals surface area (Å²) in [6, 6.07) is 8.49. The molecule has 0 amide bonds. The molecule has 1 aromatic carbocycles. The maximum Gasteiger partial charge on any atom is 0.0953 e. The summed E-state index contributed by atoms with van der Waals surface area (Å²) in [5.74, 6) is 0.675. The standard InChI is InChI=1S/C16H23N3/c1-13(2)8-17-9-16-11-19(12-18-16)10-15-7-5-4-6-14(15)3/h4-7,11-13,17H,8-10H2,1-3H3. The molecular weight excluding hydrogens is 234 g/mol. The normalized spacial score (nSPS) is 11.2. The third kappa shape index (κ3) is 4.21. The van der Waals surface area contributed by atoms with Gasteiger partial charge < -0.3 is 9.88 Å². The van der Waals surface area contributed by atoms with Gasteiger partial charge in [-0.1, -0.05) is 38.1 Å². The van der Waals surface area contributed by atoms with Crippen LogP contribution in [0.2, 0.25) is 0 Å². The lowest BCUT2D eigenvalue weighted by atomic mass is 10.1. The van der Waals surface area contributed by atoms with E-state index in [1.54, 1.807) is 0 Å². The van der Waals surface area contributed by atoms with Gasteiger partial charge in [-0.05, 0) is 30.5 Å². The van der Waals surface area contributed by atoms with Crippen molar-refractivity contribution in [3.8, 4) is 0 Å². The molecule has 0 aliphatic carbocycles. The highest BCUT2D eigenvalue weighted by molar-refractivity contribution is 5.25. The summed E-state index contributed by atoms with van der Waals surface area (Å²) in [6.45, 7) is 9.35. The highest BCUT2D eigenvalue weighted by Crippen LogP contribution is 2.09. The number of hydrogen-bond donors (Lipinski definition) is 1. The molecule has 0 saturated carbocycles. The molecule has 0 aliphatic heterocycles. The molecule has 19 heavy (non-hydrogen) atoms. The Morgan fingerprint density at radius 2 is 2.05 bits per heavy atom. The number of nitrogens with zero attached hydrogens (tertiary/aromatic N) is 2. The number of aryl methyl sites for hydroxylation is 1. The Morgan fingerprint density at radius 1 is 1.26 bits per heavy atom. The van der Waals surface area contributed by atoms with Crippen molar-refractivity contribution in [2.45, 2.75) is 33.9 Å². The third-order valence-corrected chi connectivity index (χ3v) is 3.16. The summed E-state index contributed by atoms with van der Waals surface area (Å²) in [5, 5.41) is 3.41. The minimum Gasteiger partial charge on any atom is -0.333 e. The number of nitrogens with one attached hydrogen (secondary N) is 1. The van der Waals surface area contributed by atoms with Crippen LogP contribution in [0.1, 0.15) is 30.7 Å². The number of aromatic nitrogens is 2. The van der Waals surface area contributed by atoms with Crippen molar-refractivity contribution in [2.75, 3.05) is 6.54 Å². The second-order valence-corrected chi connectivity index (χ2v) is 5.49. The minimum atomic E-state index is 0.675. The fourth-order valence-corrected chi connectivity index (χ4v) is 2.06. The molecule has 3 nitrogen and oxygen atoms in total. The van der Waals surface area contributed by atoms with Crippen LogP contribution in [0.15, 0.2) is 36.8 Å². The summed E-state index contributed by atoms with van der Waals surface area (Å²) in [4.78, 5) is 4.44. The summed E-state index contributed by atoms with van der Waals surface area (Å²) < 4.78 is 2.15. The third-order valence-electron chi connectivity index (χ3n) is 3.16. The molecular formula is C16H23N3. The first kappa shape index (κ1) is 13.8. The number of rotatable bonds is 6. The monoisotopic (exact) mass is 257 g/mol. The predicted octanol–water partition coefficient (Wildman–Crippen LogP) is 2.99. The van der Waals surface area contributed by atoms with E-state index in [9.17, 15) is 0 Å². The van der Waals surface area contributed by atoms with Crippen molar-refractivity contribution >= 4 is 0 Å². The van der Waals surface area contributed by atoms with Gasteiger partial charge in [-0.25, -0.2) is 4.98 Å². The smallest absolute Gasteiger partial charge is 0.0953 e. The van der Waals surface area contributed by atoms with Crippen LogP contribution in [0, 0.1) is 12.8 Å². The number of benzene rings is 1. The largest absolute Gasteiger partial charge is 0.333 e.